The molecule has 1 atom stereocenters. The molecular weight excluding hydrogens is 293 g/mol. The molecule has 0 aliphatic heterocycles. The first-order chi connectivity index (χ1) is 8.46. The van der Waals surface area contributed by atoms with Gasteiger partial charge in [-0.05, 0) is 42.9 Å². The van der Waals surface area contributed by atoms with Crippen molar-refractivity contribution in [1.29, 1.82) is 0 Å². The molecule has 0 heterocycles. The SMILES string of the molecule is CC1(C)CCCC(NCc2cc(Br)ccc2F)C1. The van der Waals surface area contributed by atoms with Crippen LogP contribution in [0.1, 0.15) is 45.1 Å². The Balaban J connectivity index is 1.93. The highest BCUT2D eigenvalue weighted by Gasteiger charge is 2.27. The number of hydrogen-bond acceptors (Lipinski definition) is 1. The largest absolute Gasteiger partial charge is 0.310 e. The molecule has 18 heavy (non-hydrogen) atoms. The summed E-state index contributed by atoms with van der Waals surface area (Å²) in [5.74, 6) is -0.124. The van der Waals surface area contributed by atoms with Crippen molar-refractivity contribution in [2.24, 2.45) is 5.41 Å². The number of rotatable bonds is 3. The van der Waals surface area contributed by atoms with Crippen molar-refractivity contribution in [2.45, 2.75) is 52.1 Å². The lowest BCUT2D eigenvalue weighted by Crippen LogP contribution is -2.37. The average Bonchev–Trinajstić information content (AvgIpc) is 2.29. The van der Waals surface area contributed by atoms with Crippen molar-refractivity contribution >= 4 is 15.9 Å². The molecule has 1 aromatic carbocycles. The van der Waals surface area contributed by atoms with E-state index in [-0.39, 0.29) is 5.82 Å². The van der Waals surface area contributed by atoms with Gasteiger partial charge >= 0.3 is 0 Å². The van der Waals surface area contributed by atoms with E-state index >= 15 is 0 Å². The molecule has 1 fully saturated rings. The van der Waals surface area contributed by atoms with Crippen molar-refractivity contribution in [3.05, 3.63) is 34.1 Å². The number of nitrogens with one attached hydrogen (secondary N) is 1. The van der Waals surface area contributed by atoms with Crippen LogP contribution >= 0.6 is 15.9 Å². The van der Waals surface area contributed by atoms with Gasteiger partial charge in [0.1, 0.15) is 5.82 Å². The van der Waals surface area contributed by atoms with Crippen LogP contribution in [0, 0.1) is 11.2 Å². The summed E-state index contributed by atoms with van der Waals surface area (Å²) in [6, 6.07) is 5.64. The summed E-state index contributed by atoms with van der Waals surface area (Å²) in [7, 11) is 0. The highest BCUT2D eigenvalue weighted by Crippen LogP contribution is 2.35. The fraction of sp³-hybridized carbons (Fsp3) is 0.600. The van der Waals surface area contributed by atoms with Crippen molar-refractivity contribution in [3.63, 3.8) is 0 Å². The molecule has 1 N–H and O–H groups in total. The topological polar surface area (TPSA) is 12.0 Å². The van der Waals surface area contributed by atoms with E-state index in [0.717, 1.165) is 10.0 Å². The maximum atomic E-state index is 13.6. The fourth-order valence-electron chi connectivity index (χ4n) is 2.81. The minimum Gasteiger partial charge on any atom is -0.310 e. The van der Waals surface area contributed by atoms with E-state index in [9.17, 15) is 4.39 Å². The van der Waals surface area contributed by atoms with Crippen LogP contribution in [0.2, 0.25) is 0 Å². The second-order valence-corrected chi connectivity index (χ2v) is 6.99. The second kappa shape index (κ2) is 5.70. The van der Waals surface area contributed by atoms with Crippen molar-refractivity contribution in [2.75, 3.05) is 0 Å². The van der Waals surface area contributed by atoms with Crippen LogP contribution in [0.5, 0.6) is 0 Å². The number of benzene rings is 1. The molecule has 1 nitrogen and oxygen atoms in total. The molecule has 3 heteroatoms. The molecule has 2 rings (SSSR count). The van der Waals surface area contributed by atoms with Crippen molar-refractivity contribution in [1.82, 2.24) is 5.32 Å². The quantitative estimate of drug-likeness (QED) is 0.856. The van der Waals surface area contributed by atoms with E-state index in [1.807, 2.05) is 6.07 Å². The van der Waals surface area contributed by atoms with Crippen molar-refractivity contribution in [3.8, 4) is 0 Å². The predicted octanol–water partition coefficient (Wildman–Crippen LogP) is 4.65. The van der Waals surface area contributed by atoms with Gasteiger partial charge in [-0.15, -0.1) is 0 Å². The zero-order valence-corrected chi connectivity index (χ0v) is 12.7. The summed E-state index contributed by atoms with van der Waals surface area (Å²) in [6.07, 6.45) is 4.96. The summed E-state index contributed by atoms with van der Waals surface area (Å²) < 4.78 is 14.5. The zero-order chi connectivity index (χ0) is 13.2. The molecule has 0 radical (unpaired) electrons. The van der Waals surface area contributed by atoms with Gasteiger partial charge in [0.05, 0.1) is 0 Å². The van der Waals surface area contributed by atoms with Gasteiger partial charge in [0.25, 0.3) is 0 Å². The van der Waals surface area contributed by atoms with Gasteiger partial charge < -0.3 is 5.32 Å². The molecule has 1 aliphatic rings. The maximum Gasteiger partial charge on any atom is 0.127 e. The van der Waals surface area contributed by atoms with Crippen LogP contribution < -0.4 is 5.32 Å². The van der Waals surface area contributed by atoms with Crippen LogP contribution in [-0.2, 0) is 6.54 Å². The minimum absolute atomic E-state index is 0.124. The summed E-state index contributed by atoms with van der Waals surface area (Å²) in [4.78, 5) is 0. The van der Waals surface area contributed by atoms with Gasteiger partial charge in [0, 0.05) is 22.6 Å². The molecule has 1 saturated carbocycles. The lowest BCUT2D eigenvalue weighted by atomic mass is 9.75. The molecule has 100 valence electrons. The normalized spacial score (nSPS) is 23.0. The third kappa shape index (κ3) is 3.79. The van der Waals surface area contributed by atoms with Gasteiger partial charge in [-0.2, -0.15) is 0 Å². The second-order valence-electron chi connectivity index (χ2n) is 6.07. The van der Waals surface area contributed by atoms with Crippen LogP contribution in [0.15, 0.2) is 22.7 Å². The molecule has 1 aliphatic carbocycles. The maximum absolute atomic E-state index is 13.6. The summed E-state index contributed by atoms with van der Waals surface area (Å²) >= 11 is 3.39. The Hall–Kier alpha value is -0.410. The van der Waals surface area contributed by atoms with Crippen LogP contribution in [0.4, 0.5) is 4.39 Å². The Morgan fingerprint density at radius 2 is 2.22 bits per heavy atom. The van der Waals surface area contributed by atoms with E-state index < -0.39 is 0 Å². The van der Waals surface area contributed by atoms with E-state index in [1.165, 1.54) is 31.7 Å². The molecular formula is C15H21BrFN. The highest BCUT2D eigenvalue weighted by molar-refractivity contribution is 9.10. The Labute approximate surface area is 117 Å². The van der Waals surface area contributed by atoms with Gasteiger partial charge in [-0.1, -0.05) is 36.2 Å². The van der Waals surface area contributed by atoms with Crippen LogP contribution in [0.3, 0.4) is 0 Å². The highest BCUT2D eigenvalue weighted by atomic mass is 79.9. The van der Waals surface area contributed by atoms with E-state index in [4.69, 9.17) is 0 Å². The molecule has 0 bridgehead atoms. The molecule has 1 aromatic rings. The monoisotopic (exact) mass is 313 g/mol. The third-order valence-electron chi connectivity index (χ3n) is 3.79. The number of halogens is 2. The molecule has 0 amide bonds. The Morgan fingerprint density at radius 3 is 2.94 bits per heavy atom. The molecule has 0 aromatic heterocycles. The van der Waals surface area contributed by atoms with E-state index in [0.29, 0.717) is 18.0 Å². The average molecular weight is 314 g/mol. The van der Waals surface area contributed by atoms with E-state index in [1.54, 1.807) is 6.07 Å². The molecule has 0 spiro atoms. The lowest BCUT2D eigenvalue weighted by molar-refractivity contribution is 0.197. The molecule has 1 unspecified atom stereocenters. The summed E-state index contributed by atoms with van der Waals surface area (Å²) in [5, 5.41) is 3.50. The zero-order valence-electron chi connectivity index (χ0n) is 11.1. The van der Waals surface area contributed by atoms with Crippen molar-refractivity contribution < 1.29 is 4.39 Å². The summed E-state index contributed by atoms with van der Waals surface area (Å²) in [6.45, 7) is 5.26. The smallest absolute Gasteiger partial charge is 0.127 e. The lowest BCUT2D eigenvalue weighted by Gasteiger charge is -2.35. The van der Waals surface area contributed by atoms with Crippen LogP contribution in [-0.4, -0.2) is 6.04 Å². The van der Waals surface area contributed by atoms with Crippen LogP contribution in [0.25, 0.3) is 0 Å². The standard InChI is InChI=1S/C15H21BrFN/c1-15(2)7-3-4-13(9-15)18-10-11-8-12(16)5-6-14(11)17/h5-6,8,13,18H,3-4,7,9-10H2,1-2H3. The Morgan fingerprint density at radius 1 is 1.44 bits per heavy atom. The first-order valence-corrected chi connectivity index (χ1v) is 7.43. The minimum atomic E-state index is -0.124. The molecule has 0 saturated heterocycles. The first kappa shape index (κ1) is 14.0. The predicted molar refractivity (Wildman–Crippen MR) is 77.0 cm³/mol. The fourth-order valence-corrected chi connectivity index (χ4v) is 3.21. The summed E-state index contributed by atoms with van der Waals surface area (Å²) in [5.41, 5.74) is 1.17. The van der Waals surface area contributed by atoms with Gasteiger partial charge in [0.2, 0.25) is 0 Å². The number of hydrogen-bond donors (Lipinski definition) is 1. The Kier molecular flexibility index (Phi) is 4.44. The first-order valence-electron chi connectivity index (χ1n) is 6.64. The van der Waals surface area contributed by atoms with Gasteiger partial charge in [0.15, 0.2) is 0 Å². The van der Waals surface area contributed by atoms with E-state index in [2.05, 4.69) is 35.1 Å². The van der Waals surface area contributed by atoms with Gasteiger partial charge in [-0.3, -0.25) is 0 Å². The van der Waals surface area contributed by atoms with Gasteiger partial charge in [-0.25, -0.2) is 4.39 Å². The Bertz CT molecular complexity index is 417. The third-order valence-corrected chi connectivity index (χ3v) is 4.29.